The first kappa shape index (κ1) is 10.1. The van der Waals surface area contributed by atoms with E-state index in [0.29, 0.717) is 0 Å². The van der Waals surface area contributed by atoms with E-state index in [9.17, 15) is 0 Å². The monoisotopic (exact) mass is 202 g/mol. The maximum absolute atomic E-state index is 5.22. The second kappa shape index (κ2) is 4.43. The zero-order valence-electron chi connectivity index (χ0n) is 8.94. The minimum absolute atomic E-state index is 0.275. The fourth-order valence-electron chi connectivity index (χ4n) is 1.74. The van der Waals surface area contributed by atoms with Crippen LogP contribution in [-0.2, 0) is 9.47 Å². The SMILES string of the molecule is COC(OC)c1cc2cccccc-2c1. The van der Waals surface area contributed by atoms with Crippen molar-refractivity contribution in [2.75, 3.05) is 14.2 Å². The number of methoxy groups -OCH3 is 2. The third-order valence-corrected chi connectivity index (χ3v) is 2.45. The topological polar surface area (TPSA) is 18.5 Å². The van der Waals surface area contributed by atoms with Crippen molar-refractivity contribution < 1.29 is 9.47 Å². The largest absolute Gasteiger partial charge is 0.352 e. The molecule has 2 heteroatoms. The summed E-state index contributed by atoms with van der Waals surface area (Å²) in [5.74, 6) is 0. The minimum Gasteiger partial charge on any atom is -0.352 e. The zero-order chi connectivity index (χ0) is 10.7. The Labute approximate surface area is 89.8 Å². The molecule has 0 fully saturated rings. The number of hydrogen-bond donors (Lipinski definition) is 0. The highest BCUT2D eigenvalue weighted by molar-refractivity contribution is 5.68. The first-order valence-electron chi connectivity index (χ1n) is 4.89. The van der Waals surface area contributed by atoms with E-state index in [1.165, 1.54) is 11.1 Å². The molecule has 0 radical (unpaired) electrons. The summed E-state index contributed by atoms with van der Waals surface area (Å²) in [6.45, 7) is 0. The van der Waals surface area contributed by atoms with Gasteiger partial charge < -0.3 is 9.47 Å². The lowest BCUT2D eigenvalue weighted by Gasteiger charge is -2.10. The molecule has 0 bridgehead atoms. The molecular weight excluding hydrogens is 188 g/mol. The van der Waals surface area contributed by atoms with Gasteiger partial charge in [0, 0.05) is 19.8 Å². The molecular formula is C13H14O2. The Bertz CT molecular complexity index is 377. The molecule has 0 N–H and O–H groups in total. The van der Waals surface area contributed by atoms with E-state index in [-0.39, 0.29) is 6.29 Å². The highest BCUT2D eigenvalue weighted by atomic mass is 16.7. The van der Waals surface area contributed by atoms with Crippen molar-refractivity contribution in [2.45, 2.75) is 6.29 Å². The van der Waals surface area contributed by atoms with E-state index < -0.39 is 0 Å². The summed E-state index contributed by atoms with van der Waals surface area (Å²) in [6.07, 6.45) is -0.275. The van der Waals surface area contributed by atoms with Crippen LogP contribution in [0.15, 0.2) is 42.5 Å². The van der Waals surface area contributed by atoms with Gasteiger partial charge in [-0.15, -0.1) is 0 Å². The molecule has 0 aromatic carbocycles. The van der Waals surface area contributed by atoms with E-state index in [1.54, 1.807) is 14.2 Å². The van der Waals surface area contributed by atoms with Gasteiger partial charge in [-0.05, 0) is 23.3 Å². The Morgan fingerprint density at radius 2 is 1.40 bits per heavy atom. The maximum Gasteiger partial charge on any atom is 0.183 e. The molecule has 0 atom stereocenters. The molecule has 2 nitrogen and oxygen atoms in total. The standard InChI is InChI=1S/C13H14O2/c1-14-13(15-2)12-8-10-6-4-3-5-7-11(10)9-12/h3-9,13H,1-2H3. The van der Waals surface area contributed by atoms with Crippen LogP contribution in [0.1, 0.15) is 11.9 Å². The first-order valence-corrected chi connectivity index (χ1v) is 4.89. The minimum atomic E-state index is -0.275. The van der Waals surface area contributed by atoms with Gasteiger partial charge in [0.25, 0.3) is 0 Å². The third kappa shape index (κ3) is 2.01. The second-order valence-corrected chi connectivity index (χ2v) is 3.41. The van der Waals surface area contributed by atoms with Gasteiger partial charge in [0.1, 0.15) is 0 Å². The van der Waals surface area contributed by atoms with Gasteiger partial charge in [0.15, 0.2) is 6.29 Å². The van der Waals surface area contributed by atoms with Crippen molar-refractivity contribution in [1.29, 1.82) is 0 Å². The van der Waals surface area contributed by atoms with Crippen molar-refractivity contribution in [2.24, 2.45) is 0 Å². The predicted octanol–water partition coefficient (Wildman–Crippen LogP) is 3.08. The van der Waals surface area contributed by atoms with Crippen LogP contribution < -0.4 is 0 Å². The van der Waals surface area contributed by atoms with Crippen LogP contribution in [0.3, 0.4) is 0 Å². The quantitative estimate of drug-likeness (QED) is 0.712. The summed E-state index contributed by atoms with van der Waals surface area (Å²) < 4.78 is 10.4. The molecule has 78 valence electrons. The number of ether oxygens (including phenoxy) is 2. The van der Waals surface area contributed by atoms with Crippen molar-refractivity contribution in [3.8, 4) is 11.1 Å². The lowest BCUT2D eigenvalue weighted by Crippen LogP contribution is -2.01. The van der Waals surface area contributed by atoms with Crippen molar-refractivity contribution in [3.05, 3.63) is 48.0 Å². The normalized spacial score (nSPS) is 11.1. The van der Waals surface area contributed by atoms with E-state index in [2.05, 4.69) is 24.3 Å². The van der Waals surface area contributed by atoms with Gasteiger partial charge in [-0.2, -0.15) is 0 Å². The molecule has 2 aliphatic carbocycles. The number of fused-ring (bicyclic) bond motifs is 1. The molecule has 0 saturated carbocycles. The summed E-state index contributed by atoms with van der Waals surface area (Å²) in [4.78, 5) is 0. The van der Waals surface area contributed by atoms with Crippen LogP contribution in [0.5, 0.6) is 0 Å². The smallest absolute Gasteiger partial charge is 0.183 e. The molecule has 0 saturated heterocycles. The van der Waals surface area contributed by atoms with E-state index in [4.69, 9.17) is 9.47 Å². The predicted molar refractivity (Wildman–Crippen MR) is 59.8 cm³/mol. The third-order valence-electron chi connectivity index (χ3n) is 2.45. The van der Waals surface area contributed by atoms with Crippen LogP contribution >= 0.6 is 0 Å². The Hall–Kier alpha value is -1.38. The molecule has 0 aliphatic heterocycles. The lowest BCUT2D eigenvalue weighted by molar-refractivity contribution is -0.105. The highest BCUT2D eigenvalue weighted by Crippen LogP contribution is 2.29. The van der Waals surface area contributed by atoms with Crippen LogP contribution in [0.4, 0.5) is 0 Å². The van der Waals surface area contributed by atoms with E-state index in [0.717, 1.165) is 5.56 Å². The zero-order valence-corrected chi connectivity index (χ0v) is 8.94. The van der Waals surface area contributed by atoms with Crippen LogP contribution in [0.2, 0.25) is 0 Å². The number of rotatable bonds is 3. The summed E-state index contributed by atoms with van der Waals surface area (Å²) in [6, 6.07) is 14.4. The Morgan fingerprint density at radius 1 is 0.867 bits per heavy atom. The maximum atomic E-state index is 5.22. The van der Waals surface area contributed by atoms with Gasteiger partial charge in [-0.1, -0.05) is 30.3 Å². The second-order valence-electron chi connectivity index (χ2n) is 3.41. The average molecular weight is 202 g/mol. The molecule has 15 heavy (non-hydrogen) atoms. The van der Waals surface area contributed by atoms with Gasteiger partial charge in [-0.3, -0.25) is 0 Å². The summed E-state index contributed by atoms with van der Waals surface area (Å²) in [5, 5.41) is 0. The highest BCUT2D eigenvalue weighted by Gasteiger charge is 2.13. The Kier molecular flexibility index (Phi) is 2.99. The summed E-state index contributed by atoms with van der Waals surface area (Å²) >= 11 is 0. The van der Waals surface area contributed by atoms with Crippen LogP contribution in [0, 0.1) is 0 Å². The van der Waals surface area contributed by atoms with Crippen molar-refractivity contribution in [3.63, 3.8) is 0 Å². The van der Waals surface area contributed by atoms with Gasteiger partial charge >= 0.3 is 0 Å². The Morgan fingerprint density at radius 3 is 1.87 bits per heavy atom. The molecule has 0 aromatic rings. The average Bonchev–Trinajstić information content (AvgIpc) is 2.52. The summed E-state index contributed by atoms with van der Waals surface area (Å²) in [5.41, 5.74) is 3.46. The summed E-state index contributed by atoms with van der Waals surface area (Å²) in [7, 11) is 3.29. The molecule has 0 unspecified atom stereocenters. The Balaban J connectivity index is 2.43. The van der Waals surface area contributed by atoms with E-state index >= 15 is 0 Å². The fourth-order valence-corrected chi connectivity index (χ4v) is 1.74. The van der Waals surface area contributed by atoms with Crippen LogP contribution in [0.25, 0.3) is 11.1 Å². The first-order chi connectivity index (χ1) is 7.35. The molecule has 0 heterocycles. The molecule has 0 aromatic heterocycles. The van der Waals surface area contributed by atoms with Crippen LogP contribution in [-0.4, -0.2) is 14.2 Å². The van der Waals surface area contributed by atoms with Gasteiger partial charge in [-0.25, -0.2) is 0 Å². The molecule has 0 amide bonds. The molecule has 2 rings (SSSR count). The van der Waals surface area contributed by atoms with Crippen molar-refractivity contribution >= 4 is 0 Å². The van der Waals surface area contributed by atoms with Gasteiger partial charge in [0.2, 0.25) is 0 Å². The van der Waals surface area contributed by atoms with E-state index in [1.807, 2.05) is 18.2 Å². The lowest BCUT2D eigenvalue weighted by atomic mass is 10.2. The number of hydrogen-bond acceptors (Lipinski definition) is 2. The van der Waals surface area contributed by atoms with Gasteiger partial charge in [0.05, 0.1) is 0 Å². The fraction of sp³-hybridized carbons (Fsp3) is 0.231. The molecule has 2 aliphatic rings. The molecule has 0 spiro atoms. The van der Waals surface area contributed by atoms with Crippen molar-refractivity contribution in [1.82, 2.24) is 0 Å².